The topological polar surface area (TPSA) is 96.6 Å². The molecule has 1 amide bonds. The molecular weight excluding hydrogens is 408 g/mol. The summed E-state index contributed by atoms with van der Waals surface area (Å²) >= 11 is 3.30. The SMILES string of the molecule is NC(=O)c1cccnc1N1CCN(S(=O)(=O)c2ccccc2Br)CC1. The van der Waals surface area contributed by atoms with Gasteiger partial charge in [-0.15, -0.1) is 0 Å². The maximum absolute atomic E-state index is 12.8. The van der Waals surface area contributed by atoms with E-state index in [9.17, 15) is 13.2 Å². The number of halogens is 1. The van der Waals surface area contributed by atoms with E-state index in [1.807, 2.05) is 4.90 Å². The number of rotatable bonds is 4. The van der Waals surface area contributed by atoms with E-state index in [4.69, 9.17) is 5.73 Å². The molecule has 0 spiro atoms. The van der Waals surface area contributed by atoms with Gasteiger partial charge in [-0.1, -0.05) is 12.1 Å². The predicted molar refractivity (Wildman–Crippen MR) is 97.9 cm³/mol. The van der Waals surface area contributed by atoms with Gasteiger partial charge in [-0.25, -0.2) is 13.4 Å². The van der Waals surface area contributed by atoms with Crippen molar-refractivity contribution in [3.8, 4) is 0 Å². The average molecular weight is 425 g/mol. The first-order valence-corrected chi connectivity index (χ1v) is 9.89. The summed E-state index contributed by atoms with van der Waals surface area (Å²) in [5, 5.41) is 0. The summed E-state index contributed by atoms with van der Waals surface area (Å²) in [5.41, 5.74) is 5.73. The van der Waals surface area contributed by atoms with E-state index in [2.05, 4.69) is 20.9 Å². The van der Waals surface area contributed by atoms with Crippen LogP contribution in [0.2, 0.25) is 0 Å². The van der Waals surface area contributed by atoms with Crippen molar-refractivity contribution in [3.63, 3.8) is 0 Å². The van der Waals surface area contributed by atoms with Gasteiger partial charge in [0.1, 0.15) is 5.82 Å². The fraction of sp³-hybridized carbons (Fsp3) is 0.250. The van der Waals surface area contributed by atoms with Crippen molar-refractivity contribution in [3.05, 3.63) is 52.6 Å². The highest BCUT2D eigenvalue weighted by Gasteiger charge is 2.31. The lowest BCUT2D eigenvalue weighted by molar-refractivity contribution is 0.100. The Hall–Kier alpha value is -1.97. The molecule has 0 saturated carbocycles. The third kappa shape index (κ3) is 3.53. The molecular formula is C16H17BrN4O3S. The number of primary amides is 1. The van der Waals surface area contributed by atoms with Gasteiger partial charge in [-0.2, -0.15) is 4.31 Å². The lowest BCUT2D eigenvalue weighted by Crippen LogP contribution is -2.49. The molecule has 9 heteroatoms. The fourth-order valence-electron chi connectivity index (χ4n) is 2.77. The zero-order chi connectivity index (χ0) is 18.0. The second-order valence-electron chi connectivity index (χ2n) is 5.56. The molecule has 0 bridgehead atoms. The number of anilines is 1. The summed E-state index contributed by atoms with van der Waals surface area (Å²) in [6, 6.07) is 10.0. The Morgan fingerprint density at radius 3 is 2.40 bits per heavy atom. The molecule has 132 valence electrons. The van der Waals surface area contributed by atoms with Gasteiger partial charge in [-0.05, 0) is 40.2 Å². The van der Waals surface area contributed by atoms with Gasteiger partial charge in [0.2, 0.25) is 10.0 Å². The number of hydrogen-bond donors (Lipinski definition) is 1. The zero-order valence-electron chi connectivity index (χ0n) is 13.3. The van der Waals surface area contributed by atoms with Crippen molar-refractivity contribution in [2.45, 2.75) is 4.90 Å². The van der Waals surface area contributed by atoms with E-state index in [0.29, 0.717) is 42.0 Å². The van der Waals surface area contributed by atoms with Gasteiger partial charge in [0, 0.05) is 36.8 Å². The summed E-state index contributed by atoms with van der Waals surface area (Å²) in [7, 11) is -3.58. The number of aromatic nitrogens is 1. The van der Waals surface area contributed by atoms with E-state index in [1.54, 1.807) is 42.6 Å². The Morgan fingerprint density at radius 2 is 1.76 bits per heavy atom. The first-order chi connectivity index (χ1) is 11.9. The molecule has 25 heavy (non-hydrogen) atoms. The van der Waals surface area contributed by atoms with Gasteiger partial charge in [0.15, 0.2) is 0 Å². The number of hydrogen-bond acceptors (Lipinski definition) is 5. The van der Waals surface area contributed by atoms with Crippen LogP contribution in [0.25, 0.3) is 0 Å². The molecule has 2 aromatic rings. The van der Waals surface area contributed by atoms with Crippen LogP contribution < -0.4 is 10.6 Å². The van der Waals surface area contributed by atoms with E-state index in [-0.39, 0.29) is 4.90 Å². The van der Waals surface area contributed by atoms with Crippen LogP contribution in [-0.4, -0.2) is 49.8 Å². The maximum Gasteiger partial charge on any atom is 0.252 e. The monoisotopic (exact) mass is 424 g/mol. The lowest BCUT2D eigenvalue weighted by Gasteiger charge is -2.35. The van der Waals surface area contributed by atoms with Crippen LogP contribution in [0.3, 0.4) is 0 Å². The predicted octanol–water partition coefficient (Wildman–Crippen LogP) is 1.45. The normalized spacial score (nSPS) is 16.0. The zero-order valence-corrected chi connectivity index (χ0v) is 15.7. The maximum atomic E-state index is 12.8. The number of piperazine rings is 1. The van der Waals surface area contributed by atoms with Crippen molar-refractivity contribution < 1.29 is 13.2 Å². The van der Waals surface area contributed by atoms with Crippen LogP contribution >= 0.6 is 15.9 Å². The lowest BCUT2D eigenvalue weighted by atomic mass is 10.2. The summed E-state index contributed by atoms with van der Waals surface area (Å²) in [5.74, 6) is -0.0562. The summed E-state index contributed by atoms with van der Waals surface area (Å²) in [6.45, 7) is 1.47. The number of carbonyl (C=O) groups excluding carboxylic acids is 1. The summed E-state index contributed by atoms with van der Waals surface area (Å²) in [4.78, 5) is 17.9. The van der Waals surface area contributed by atoms with Crippen LogP contribution in [-0.2, 0) is 10.0 Å². The van der Waals surface area contributed by atoms with E-state index < -0.39 is 15.9 Å². The third-order valence-electron chi connectivity index (χ3n) is 4.04. The van der Waals surface area contributed by atoms with E-state index in [1.165, 1.54) is 4.31 Å². The second kappa shape index (κ2) is 7.11. The number of amides is 1. The number of sulfonamides is 1. The first kappa shape index (κ1) is 17.8. The number of benzene rings is 1. The van der Waals surface area contributed by atoms with E-state index in [0.717, 1.165) is 0 Å². The minimum Gasteiger partial charge on any atom is -0.365 e. The van der Waals surface area contributed by atoms with Gasteiger partial charge >= 0.3 is 0 Å². The Kier molecular flexibility index (Phi) is 5.07. The molecule has 0 aliphatic carbocycles. The standard InChI is InChI=1S/C16H17BrN4O3S/c17-13-5-1-2-6-14(13)25(23,24)21-10-8-20(9-11-21)16-12(15(18)22)4-3-7-19-16/h1-7H,8-11H2,(H2,18,22). The third-order valence-corrected chi connectivity index (χ3v) is 6.96. The molecule has 1 aromatic carbocycles. The highest BCUT2D eigenvalue weighted by atomic mass is 79.9. The molecule has 1 fully saturated rings. The van der Waals surface area contributed by atoms with Crippen molar-refractivity contribution in [1.29, 1.82) is 0 Å². The molecule has 0 unspecified atom stereocenters. The Morgan fingerprint density at radius 1 is 1.08 bits per heavy atom. The molecule has 0 radical (unpaired) electrons. The van der Waals surface area contributed by atoms with Gasteiger partial charge in [0.05, 0.1) is 10.5 Å². The number of nitrogens with zero attached hydrogens (tertiary/aromatic N) is 3. The van der Waals surface area contributed by atoms with E-state index >= 15 is 0 Å². The van der Waals surface area contributed by atoms with Gasteiger partial charge in [-0.3, -0.25) is 4.79 Å². The summed E-state index contributed by atoms with van der Waals surface area (Å²) < 4.78 is 27.6. The Balaban J connectivity index is 1.79. The van der Waals surface area contributed by atoms with Crippen LogP contribution in [0.1, 0.15) is 10.4 Å². The molecule has 7 nitrogen and oxygen atoms in total. The van der Waals surface area contributed by atoms with Crippen LogP contribution in [0.5, 0.6) is 0 Å². The minimum absolute atomic E-state index is 0.249. The molecule has 3 rings (SSSR count). The van der Waals surface area contributed by atoms with Crippen molar-refractivity contribution in [2.24, 2.45) is 5.73 Å². The molecule has 1 aromatic heterocycles. The van der Waals surface area contributed by atoms with Crippen molar-refractivity contribution in [2.75, 3.05) is 31.1 Å². The molecule has 0 atom stereocenters. The van der Waals surface area contributed by atoms with Crippen LogP contribution in [0.4, 0.5) is 5.82 Å². The molecule has 2 N–H and O–H groups in total. The molecule has 2 heterocycles. The number of pyridine rings is 1. The summed E-state index contributed by atoms with van der Waals surface area (Å²) in [6.07, 6.45) is 1.59. The highest BCUT2D eigenvalue weighted by molar-refractivity contribution is 9.10. The number of carbonyl (C=O) groups is 1. The van der Waals surface area contributed by atoms with Crippen LogP contribution in [0.15, 0.2) is 52.0 Å². The smallest absolute Gasteiger partial charge is 0.252 e. The minimum atomic E-state index is -3.58. The second-order valence-corrected chi connectivity index (χ2v) is 8.32. The molecule has 1 saturated heterocycles. The fourth-order valence-corrected chi connectivity index (χ4v) is 5.16. The quantitative estimate of drug-likeness (QED) is 0.800. The molecule has 1 aliphatic rings. The van der Waals surface area contributed by atoms with Gasteiger partial charge < -0.3 is 10.6 Å². The highest BCUT2D eigenvalue weighted by Crippen LogP contribution is 2.26. The Labute approximate surface area is 154 Å². The molecule has 1 aliphatic heterocycles. The number of nitrogens with two attached hydrogens (primary N) is 1. The largest absolute Gasteiger partial charge is 0.365 e. The average Bonchev–Trinajstić information content (AvgIpc) is 2.62. The van der Waals surface area contributed by atoms with Gasteiger partial charge in [0.25, 0.3) is 5.91 Å². The first-order valence-electron chi connectivity index (χ1n) is 7.65. The van der Waals surface area contributed by atoms with Crippen LogP contribution in [0, 0.1) is 0 Å². The van der Waals surface area contributed by atoms with Crippen molar-refractivity contribution in [1.82, 2.24) is 9.29 Å². The van der Waals surface area contributed by atoms with Crippen molar-refractivity contribution >= 4 is 37.7 Å². The Bertz CT molecular complexity index is 896.